The minimum Gasteiger partial charge on any atom is -0.484 e. The fourth-order valence-corrected chi connectivity index (χ4v) is 6.79. The molecule has 49 heavy (non-hydrogen) atoms. The van der Waals surface area contributed by atoms with Crippen LogP contribution in [0.15, 0.2) is 94.8 Å². The molecule has 256 valence electrons. The number of ether oxygens (including phenoxy) is 1. The first-order chi connectivity index (χ1) is 23.6. The Morgan fingerprint density at radius 3 is 2.00 bits per heavy atom. The molecule has 0 spiro atoms. The largest absolute Gasteiger partial charge is 0.484 e. The molecule has 1 unspecified atom stereocenters. The van der Waals surface area contributed by atoms with Crippen LogP contribution in [-0.2, 0) is 43.2 Å². The molecule has 5 N–H and O–H groups in total. The smallest absolute Gasteiger partial charge is 0.326 e. The predicted molar refractivity (Wildman–Crippen MR) is 189 cm³/mol. The molecule has 2 bridgehead atoms. The molecule has 0 saturated carbocycles. The number of nitrogens with one attached hydrogen (secondary N) is 4. The van der Waals surface area contributed by atoms with E-state index < -0.39 is 53.8 Å². The molecule has 5 atom stereocenters. The zero-order valence-electron chi connectivity index (χ0n) is 26.5. The van der Waals surface area contributed by atoms with Crippen molar-refractivity contribution in [3.05, 3.63) is 112 Å². The van der Waals surface area contributed by atoms with Gasteiger partial charge in [0.05, 0.1) is 0 Å². The van der Waals surface area contributed by atoms with Gasteiger partial charge in [0.25, 0.3) is 5.91 Å². The van der Waals surface area contributed by atoms with Crippen LogP contribution in [0.5, 0.6) is 5.75 Å². The van der Waals surface area contributed by atoms with Crippen molar-refractivity contribution in [2.45, 2.75) is 61.5 Å². The number of fused-ring (bicyclic) bond motifs is 16. The van der Waals surface area contributed by atoms with Crippen molar-refractivity contribution in [2.75, 3.05) is 6.61 Å². The van der Waals surface area contributed by atoms with Gasteiger partial charge in [-0.05, 0) is 59.2 Å². The lowest BCUT2D eigenvalue weighted by Crippen LogP contribution is -2.59. The SMILES string of the molecule is O=C1COc2ccc(cc2)C[C@@H](C(=O)O)NC(=O)[C@H](Cc2ccccc2)NC(=O)[C@@H](Cc2ccc(Br)cc2)NC(=O)[C@H](CC2CC=CS2)N1. The second kappa shape index (κ2) is 17.2. The van der Waals surface area contributed by atoms with E-state index in [1.807, 2.05) is 41.8 Å². The molecule has 13 heteroatoms. The lowest BCUT2D eigenvalue weighted by atomic mass is 10.0. The van der Waals surface area contributed by atoms with Crippen molar-refractivity contribution in [3.8, 4) is 5.75 Å². The van der Waals surface area contributed by atoms with Gasteiger partial charge in [-0.15, -0.1) is 11.8 Å². The Morgan fingerprint density at radius 2 is 1.39 bits per heavy atom. The van der Waals surface area contributed by atoms with Crippen LogP contribution in [0.2, 0.25) is 0 Å². The molecule has 0 fully saturated rings. The van der Waals surface area contributed by atoms with E-state index in [4.69, 9.17) is 4.74 Å². The second-order valence-corrected chi connectivity index (χ2v) is 14.0. The molecule has 3 heterocycles. The van der Waals surface area contributed by atoms with Crippen molar-refractivity contribution in [1.29, 1.82) is 0 Å². The standard InChI is InChI=1S/C36H37BrN4O7S/c37-25-12-8-23(9-13-25)18-29-33(43)39-28(17-22-5-2-1-3-6-22)34(44)41-31(36(46)47)19-24-10-14-26(15-11-24)48-21-32(42)38-30(35(45)40-29)20-27-7-4-16-49-27/h1-6,8-16,27-31H,7,17-21H2,(H,38,42)(H,39,43)(H,40,45)(H,41,44)(H,46,47)/t27?,28-,29+,30-,31-/m0/s1. The average Bonchev–Trinajstić information content (AvgIpc) is 3.61. The van der Waals surface area contributed by atoms with Gasteiger partial charge in [-0.3, -0.25) is 19.2 Å². The maximum absolute atomic E-state index is 14.1. The van der Waals surface area contributed by atoms with Gasteiger partial charge in [0, 0.05) is 29.0 Å². The summed E-state index contributed by atoms with van der Waals surface area (Å²) in [5.74, 6) is -3.28. The highest BCUT2D eigenvalue weighted by molar-refractivity contribution is 9.10. The summed E-state index contributed by atoms with van der Waals surface area (Å²) >= 11 is 4.98. The van der Waals surface area contributed by atoms with Crippen LogP contribution in [-0.4, -0.2) is 70.7 Å². The molecule has 0 aromatic heterocycles. The minimum atomic E-state index is -1.30. The number of carbonyl (C=O) groups is 5. The maximum atomic E-state index is 14.1. The molecule has 3 aliphatic rings. The maximum Gasteiger partial charge on any atom is 0.326 e. The molecule has 0 radical (unpaired) electrons. The van der Waals surface area contributed by atoms with E-state index in [-0.39, 0.29) is 31.1 Å². The Balaban J connectivity index is 1.48. The lowest BCUT2D eigenvalue weighted by Gasteiger charge is -2.27. The first-order valence-corrected chi connectivity index (χ1v) is 17.6. The van der Waals surface area contributed by atoms with Crippen molar-refractivity contribution in [2.24, 2.45) is 0 Å². The van der Waals surface area contributed by atoms with Crippen molar-refractivity contribution < 1.29 is 33.8 Å². The number of carboxylic acid groups (broad SMARTS) is 1. The fraction of sp³-hybridized carbons (Fsp3) is 0.306. The van der Waals surface area contributed by atoms with E-state index in [1.54, 1.807) is 60.3 Å². The summed E-state index contributed by atoms with van der Waals surface area (Å²) in [5.41, 5.74) is 2.09. The first-order valence-electron chi connectivity index (χ1n) is 15.9. The summed E-state index contributed by atoms with van der Waals surface area (Å²) in [4.78, 5) is 67.1. The molecule has 11 nitrogen and oxygen atoms in total. The molecule has 3 aromatic rings. The van der Waals surface area contributed by atoms with Gasteiger partial charge < -0.3 is 31.1 Å². The summed E-state index contributed by atoms with van der Waals surface area (Å²) in [6.07, 6.45) is 3.16. The summed E-state index contributed by atoms with van der Waals surface area (Å²) in [5, 5.41) is 23.0. The Hall–Kier alpha value is -4.62. The van der Waals surface area contributed by atoms with E-state index in [1.165, 1.54) is 0 Å². The summed E-state index contributed by atoms with van der Waals surface area (Å²) < 4.78 is 6.50. The monoisotopic (exact) mass is 748 g/mol. The van der Waals surface area contributed by atoms with E-state index in [9.17, 15) is 29.1 Å². The lowest BCUT2D eigenvalue weighted by molar-refractivity contribution is -0.142. The molecule has 0 saturated heterocycles. The van der Waals surface area contributed by atoms with Crippen LogP contribution >= 0.6 is 27.7 Å². The number of halogens is 1. The molecular weight excluding hydrogens is 712 g/mol. The second-order valence-electron chi connectivity index (χ2n) is 11.9. The third kappa shape index (κ3) is 10.7. The number of allylic oxidation sites excluding steroid dienone is 1. The van der Waals surface area contributed by atoms with Crippen LogP contribution in [0, 0.1) is 0 Å². The van der Waals surface area contributed by atoms with E-state index in [2.05, 4.69) is 37.2 Å². The van der Waals surface area contributed by atoms with E-state index in [0.717, 1.165) is 22.0 Å². The van der Waals surface area contributed by atoms with Gasteiger partial charge in [-0.2, -0.15) is 0 Å². The number of benzene rings is 3. The topological polar surface area (TPSA) is 163 Å². The Bertz CT molecular complexity index is 1660. The summed E-state index contributed by atoms with van der Waals surface area (Å²) in [6.45, 7) is -0.364. The van der Waals surface area contributed by atoms with E-state index in [0.29, 0.717) is 17.7 Å². The van der Waals surface area contributed by atoms with Crippen molar-refractivity contribution in [3.63, 3.8) is 0 Å². The average molecular weight is 750 g/mol. The quantitative estimate of drug-likeness (QED) is 0.230. The fourth-order valence-electron chi connectivity index (χ4n) is 5.56. The first kappa shape index (κ1) is 35.7. The highest BCUT2D eigenvalue weighted by Gasteiger charge is 2.33. The Labute approximate surface area is 296 Å². The number of rotatable bonds is 7. The number of amides is 4. The minimum absolute atomic E-state index is 0.0359. The van der Waals surface area contributed by atoms with Crippen molar-refractivity contribution >= 4 is 57.3 Å². The molecular formula is C36H37BrN4O7S. The van der Waals surface area contributed by atoms with E-state index >= 15 is 0 Å². The summed E-state index contributed by atoms with van der Waals surface area (Å²) in [6, 6.07) is 18.2. The van der Waals surface area contributed by atoms with Crippen LogP contribution in [0.25, 0.3) is 0 Å². The number of hydrogen-bond donors (Lipinski definition) is 5. The van der Waals surface area contributed by atoms with Gasteiger partial charge >= 0.3 is 5.97 Å². The Kier molecular flexibility index (Phi) is 12.5. The number of aliphatic carboxylic acids is 1. The predicted octanol–water partition coefficient (Wildman–Crippen LogP) is 3.30. The number of thioether (sulfide) groups is 1. The zero-order chi connectivity index (χ0) is 34.8. The summed E-state index contributed by atoms with van der Waals surface area (Å²) in [7, 11) is 0. The van der Waals surface area contributed by atoms with Gasteiger partial charge in [-0.1, -0.05) is 76.6 Å². The molecule has 6 rings (SSSR count). The van der Waals surface area contributed by atoms with Gasteiger partial charge in [0.2, 0.25) is 17.7 Å². The third-order valence-electron chi connectivity index (χ3n) is 8.17. The molecule has 0 aliphatic carbocycles. The van der Waals surface area contributed by atoms with Gasteiger partial charge in [0.1, 0.15) is 29.9 Å². The highest BCUT2D eigenvalue weighted by Crippen LogP contribution is 2.28. The van der Waals surface area contributed by atoms with Crippen LogP contribution < -0.4 is 26.0 Å². The Morgan fingerprint density at radius 1 is 0.776 bits per heavy atom. The van der Waals surface area contributed by atoms with Gasteiger partial charge in [0.15, 0.2) is 6.61 Å². The number of carboxylic acids is 1. The number of hydrogen-bond acceptors (Lipinski definition) is 7. The van der Waals surface area contributed by atoms with Crippen LogP contribution in [0.3, 0.4) is 0 Å². The zero-order valence-corrected chi connectivity index (χ0v) is 28.9. The molecule has 4 amide bonds. The van der Waals surface area contributed by atoms with Gasteiger partial charge in [-0.25, -0.2) is 4.79 Å². The molecule has 3 aromatic carbocycles. The van der Waals surface area contributed by atoms with Crippen molar-refractivity contribution in [1.82, 2.24) is 21.3 Å². The third-order valence-corrected chi connectivity index (χ3v) is 9.81. The van der Waals surface area contributed by atoms with Crippen LogP contribution in [0.1, 0.15) is 29.5 Å². The molecule has 3 aliphatic heterocycles. The van der Waals surface area contributed by atoms with Crippen LogP contribution in [0.4, 0.5) is 0 Å². The highest BCUT2D eigenvalue weighted by atomic mass is 79.9. The number of carbonyl (C=O) groups excluding carboxylic acids is 4. The normalized spacial score (nSPS) is 23.6.